The number of hydrogen-bond acceptors (Lipinski definition) is 21. The van der Waals surface area contributed by atoms with Gasteiger partial charge in [0.1, 0.15) is 36.3 Å². The minimum Gasteiger partial charge on any atom is -0.481 e. The van der Waals surface area contributed by atoms with Gasteiger partial charge in [0.25, 0.3) is 0 Å². The third-order valence-electron chi connectivity index (χ3n) is 9.87. The van der Waals surface area contributed by atoms with Crippen LogP contribution in [0.1, 0.15) is 59.1 Å². The summed E-state index contributed by atoms with van der Waals surface area (Å²) in [6.45, 7) is 1.90. The van der Waals surface area contributed by atoms with Crippen molar-refractivity contribution in [3.05, 3.63) is 12.7 Å². The molecule has 67 heavy (non-hydrogen) atoms. The summed E-state index contributed by atoms with van der Waals surface area (Å²) in [4.78, 5) is 107. The lowest BCUT2D eigenvalue weighted by Crippen LogP contribution is -2.46. The van der Waals surface area contributed by atoms with Gasteiger partial charge in [-0.25, -0.2) is 33.4 Å². The molecule has 0 aliphatic carbocycles. The number of aromatic nitrogens is 4. The Bertz CT molecular complexity index is 2220. The number of aliphatic carboxylic acids is 1. The van der Waals surface area contributed by atoms with Crippen LogP contribution in [0.25, 0.3) is 11.2 Å². The topological polar surface area (TPSA) is 442 Å². The number of phosphoric ester groups is 3. The van der Waals surface area contributed by atoms with E-state index in [0.717, 1.165) is 54.0 Å². The van der Waals surface area contributed by atoms with E-state index in [-0.39, 0.29) is 66.1 Å². The van der Waals surface area contributed by atoms with Crippen molar-refractivity contribution in [2.75, 3.05) is 43.5 Å². The molecule has 2 aromatic rings. The number of nitrogens with one attached hydrogen (secondary N) is 4. The molecule has 10 atom stereocenters. The Morgan fingerprint density at radius 3 is 2.42 bits per heavy atom. The molecular weight excluding hydrogens is 999 g/mol. The predicted molar refractivity (Wildman–Crippen MR) is 234 cm³/mol. The first-order valence-electron chi connectivity index (χ1n) is 20.1. The molecule has 29 nitrogen and oxygen atoms in total. The maximum absolute atomic E-state index is 12.6. The van der Waals surface area contributed by atoms with Crippen LogP contribution in [-0.2, 0) is 55.5 Å². The second-order valence-electron chi connectivity index (χ2n) is 15.7. The molecule has 5 rings (SSSR count). The highest BCUT2D eigenvalue weighted by molar-refractivity contribution is 8.13. The van der Waals surface area contributed by atoms with E-state index in [2.05, 4.69) is 45.1 Å². The number of unbranched alkanes of at least 4 members (excludes halogenated alkanes) is 1. The molecule has 0 radical (unpaired) electrons. The second-order valence-corrected chi connectivity index (χ2v) is 22.5. The number of hydrogen-bond donors (Lipinski definition) is 12. The maximum atomic E-state index is 12.6. The Labute approximate surface area is 390 Å². The SMILES string of the molecule is CC(=O)SCCNC(=O)CCNC(=O)C(O)C(C)(C)COP(=O)(O)OP(=O)(O)OC[C@H]1O[C@@H](n2cnc3c(N)ncnc32)[C@H](O)[C@@H]1OP(=O)(O)O.O=C(O)CCCC[C@@H]1SC[C@@H]2NC(=O)N[C@@H]21. The first kappa shape index (κ1) is 56.2. The summed E-state index contributed by atoms with van der Waals surface area (Å²) in [5.74, 6) is -0.849. The van der Waals surface area contributed by atoms with Crippen LogP contribution in [-0.4, -0.2) is 163 Å². The van der Waals surface area contributed by atoms with Crippen LogP contribution in [0.3, 0.4) is 0 Å². The Morgan fingerprint density at radius 2 is 1.75 bits per heavy atom. The quantitative estimate of drug-likeness (QED) is 0.0357. The van der Waals surface area contributed by atoms with Gasteiger partial charge in [0, 0.05) is 55.0 Å². The molecule has 2 aromatic heterocycles. The lowest BCUT2D eigenvalue weighted by atomic mass is 9.87. The van der Waals surface area contributed by atoms with Gasteiger partial charge in [-0.3, -0.25) is 37.3 Å². The number of imidazole rings is 1. The highest BCUT2D eigenvalue weighted by Gasteiger charge is 2.50. The summed E-state index contributed by atoms with van der Waals surface area (Å²) in [5, 5.41) is 40.8. The molecule has 378 valence electrons. The molecule has 0 bridgehead atoms. The minimum absolute atomic E-state index is 0.0310. The van der Waals surface area contributed by atoms with Gasteiger partial charge in [0.05, 0.1) is 31.6 Å². The molecule has 13 N–H and O–H groups in total. The van der Waals surface area contributed by atoms with Gasteiger partial charge in [-0.1, -0.05) is 32.0 Å². The number of nitrogens with two attached hydrogens (primary N) is 1. The molecular formula is C33H54N9O20P3S2. The summed E-state index contributed by atoms with van der Waals surface area (Å²) < 4.78 is 61.8. The van der Waals surface area contributed by atoms with E-state index < -0.39 is 90.5 Å². The van der Waals surface area contributed by atoms with Crippen LogP contribution >= 0.6 is 47.0 Å². The molecule has 3 aliphatic rings. The van der Waals surface area contributed by atoms with Gasteiger partial charge < -0.3 is 66.6 Å². The fraction of sp³-hybridized carbons (Fsp3) is 0.697. The van der Waals surface area contributed by atoms with Crippen molar-refractivity contribution in [2.24, 2.45) is 5.41 Å². The van der Waals surface area contributed by atoms with Crippen LogP contribution in [0.4, 0.5) is 10.6 Å². The highest BCUT2D eigenvalue weighted by atomic mass is 32.2. The van der Waals surface area contributed by atoms with E-state index >= 15 is 0 Å². The Hall–Kier alpha value is -3.35. The van der Waals surface area contributed by atoms with Crippen molar-refractivity contribution < 1.29 is 95.2 Å². The van der Waals surface area contributed by atoms with E-state index in [1.165, 1.54) is 20.8 Å². The molecule has 0 saturated carbocycles. The summed E-state index contributed by atoms with van der Waals surface area (Å²) >= 11 is 2.90. The first-order valence-corrected chi connectivity index (χ1v) is 26.7. The van der Waals surface area contributed by atoms with Crippen molar-refractivity contribution in [1.29, 1.82) is 0 Å². The number of phosphoric acid groups is 3. The van der Waals surface area contributed by atoms with Crippen LogP contribution in [0.5, 0.6) is 0 Å². The van der Waals surface area contributed by atoms with E-state index in [9.17, 15) is 67.5 Å². The van der Waals surface area contributed by atoms with Crippen molar-refractivity contribution in [2.45, 2.75) is 101 Å². The smallest absolute Gasteiger partial charge is 0.481 e. The fourth-order valence-electron chi connectivity index (χ4n) is 6.59. The molecule has 5 heterocycles. The molecule has 3 fully saturated rings. The zero-order chi connectivity index (χ0) is 49.9. The number of aliphatic hydroxyl groups is 2. The summed E-state index contributed by atoms with van der Waals surface area (Å²) in [6, 6.07) is 0.440. The number of carbonyl (C=O) groups is 5. The number of amides is 4. The van der Waals surface area contributed by atoms with Crippen molar-refractivity contribution in [3.63, 3.8) is 0 Å². The maximum Gasteiger partial charge on any atom is 0.481 e. The van der Waals surface area contributed by atoms with E-state index in [1.807, 2.05) is 11.8 Å². The van der Waals surface area contributed by atoms with Crippen LogP contribution in [0, 0.1) is 5.41 Å². The van der Waals surface area contributed by atoms with Gasteiger partial charge in [-0.15, -0.1) is 0 Å². The van der Waals surface area contributed by atoms with Crippen LogP contribution in [0.15, 0.2) is 12.7 Å². The Kier molecular flexibility index (Phi) is 20.5. The number of urea groups is 1. The predicted octanol–water partition coefficient (Wildman–Crippen LogP) is -0.519. The number of carbonyl (C=O) groups excluding carboxylic acids is 4. The van der Waals surface area contributed by atoms with E-state index in [1.54, 1.807) is 0 Å². The molecule has 3 unspecified atom stereocenters. The molecule has 3 saturated heterocycles. The van der Waals surface area contributed by atoms with Crippen molar-refractivity contribution in [3.8, 4) is 0 Å². The van der Waals surface area contributed by atoms with E-state index in [0.29, 0.717) is 11.0 Å². The first-order chi connectivity index (χ1) is 31.2. The van der Waals surface area contributed by atoms with Crippen LogP contribution in [0.2, 0.25) is 0 Å². The Morgan fingerprint density at radius 1 is 1.04 bits per heavy atom. The number of rotatable bonds is 24. The molecule has 0 spiro atoms. The lowest BCUT2D eigenvalue weighted by molar-refractivity contribution is -0.137. The van der Waals surface area contributed by atoms with Gasteiger partial charge in [0.2, 0.25) is 11.8 Å². The standard InChI is InChI=1S/C23H38N7O17P3S.C10H16N2O3S/c1-12(31)51-7-6-25-14(32)4-5-26-21(35)18(34)23(2,3)9-44-50(41,42)47-49(39,40)43-8-13-17(46-48(36,37)38)16(33)22(45-13)30-11-29-15-19(24)27-10-28-20(15)30;13-8(14)4-2-1-3-7-9-6(5-16-7)11-10(15)12-9/h10-11,13,16-18,22,33-34H,4-9H2,1-3H3,(H,25,32)(H,26,35)(H,39,40)(H,41,42)(H2,24,27,28)(H2,36,37,38);6-7,9H,1-5H2,(H,13,14)(H2,11,12,15)/t13-,16-,17-,18?,22-;6-,7-,9-/m10/s1. The second kappa shape index (κ2) is 24.5. The minimum atomic E-state index is -5.56. The average molecular weight is 1050 g/mol. The number of carboxylic acid groups (broad SMARTS) is 1. The number of nitrogens with zero attached hydrogens (tertiary/aromatic N) is 4. The van der Waals surface area contributed by atoms with Gasteiger partial charge >= 0.3 is 35.5 Å². The number of anilines is 1. The van der Waals surface area contributed by atoms with Crippen LogP contribution < -0.4 is 27.0 Å². The summed E-state index contributed by atoms with van der Waals surface area (Å²) in [5.41, 5.74) is 4.26. The molecule has 4 amide bonds. The summed E-state index contributed by atoms with van der Waals surface area (Å²) in [7, 11) is -16.4. The van der Waals surface area contributed by atoms with Gasteiger partial charge in [0.15, 0.2) is 22.8 Å². The lowest BCUT2D eigenvalue weighted by Gasteiger charge is -2.30. The number of thioether (sulfide) groups is 2. The monoisotopic (exact) mass is 1050 g/mol. The number of fused-ring (bicyclic) bond motifs is 2. The number of carboxylic acids is 1. The number of aliphatic hydroxyl groups excluding tert-OH is 2. The molecule has 34 heteroatoms. The highest BCUT2D eigenvalue weighted by Crippen LogP contribution is 2.61. The number of ether oxygens (including phenoxy) is 1. The van der Waals surface area contributed by atoms with Gasteiger partial charge in [-0.05, 0) is 12.8 Å². The fourth-order valence-corrected chi connectivity index (χ4v) is 11.5. The Balaban J connectivity index is 0.000000510. The molecule has 3 aliphatic heterocycles. The third kappa shape index (κ3) is 17.5. The number of nitrogen functional groups attached to an aromatic ring is 1. The summed E-state index contributed by atoms with van der Waals surface area (Å²) in [6.07, 6.45) is -4.00. The van der Waals surface area contributed by atoms with E-state index in [4.69, 9.17) is 24.6 Å². The third-order valence-corrected chi connectivity index (χ3v) is 15.3. The zero-order valence-electron chi connectivity index (χ0n) is 36.0. The van der Waals surface area contributed by atoms with Crippen molar-refractivity contribution >= 4 is 92.9 Å². The van der Waals surface area contributed by atoms with Gasteiger partial charge in [-0.2, -0.15) is 16.1 Å². The molecule has 0 aromatic carbocycles. The largest absolute Gasteiger partial charge is 0.481 e. The average Bonchev–Trinajstić information content (AvgIpc) is 3.99. The van der Waals surface area contributed by atoms with Crippen molar-refractivity contribution in [1.82, 2.24) is 40.8 Å². The zero-order valence-corrected chi connectivity index (χ0v) is 40.3. The normalized spacial score (nSPS) is 24.9.